The first-order valence-corrected chi connectivity index (χ1v) is 6.94. The summed E-state index contributed by atoms with van der Waals surface area (Å²) in [5, 5.41) is 0. The van der Waals surface area contributed by atoms with Gasteiger partial charge in [0.25, 0.3) is 0 Å². The van der Waals surface area contributed by atoms with Gasteiger partial charge in [0.1, 0.15) is 0 Å². The van der Waals surface area contributed by atoms with Crippen LogP contribution < -0.4 is 5.73 Å². The molecule has 0 fully saturated rings. The van der Waals surface area contributed by atoms with Gasteiger partial charge in [-0.25, -0.2) is 8.42 Å². The van der Waals surface area contributed by atoms with Crippen molar-refractivity contribution in [2.45, 2.75) is 37.6 Å². The Morgan fingerprint density at radius 2 is 1.69 bits per heavy atom. The highest BCUT2D eigenvalue weighted by atomic mass is 32.2. The van der Waals surface area contributed by atoms with E-state index in [1.54, 1.807) is 24.3 Å². The molecule has 90 valence electrons. The second-order valence-electron chi connectivity index (χ2n) is 4.87. The van der Waals surface area contributed by atoms with E-state index in [-0.39, 0.29) is 5.75 Å². The van der Waals surface area contributed by atoms with Crippen LogP contribution in [0.15, 0.2) is 29.2 Å². The molecule has 1 rings (SSSR count). The third-order valence-corrected chi connectivity index (χ3v) is 4.13. The van der Waals surface area contributed by atoms with Crippen LogP contribution in [0.3, 0.4) is 0 Å². The van der Waals surface area contributed by atoms with Crippen LogP contribution in [0.25, 0.3) is 0 Å². The fraction of sp³-hybridized carbons (Fsp3) is 0.500. The highest BCUT2D eigenvalue weighted by Crippen LogP contribution is 2.15. The summed E-state index contributed by atoms with van der Waals surface area (Å²) < 4.78 is 23.9. The van der Waals surface area contributed by atoms with E-state index in [1.165, 1.54) is 0 Å². The number of rotatable bonds is 4. The van der Waals surface area contributed by atoms with Gasteiger partial charge in [-0.2, -0.15) is 0 Å². The van der Waals surface area contributed by atoms with E-state index < -0.39 is 15.4 Å². The number of benzene rings is 1. The Morgan fingerprint density at radius 3 is 2.12 bits per heavy atom. The van der Waals surface area contributed by atoms with Gasteiger partial charge in [0, 0.05) is 5.54 Å². The molecule has 0 saturated carbocycles. The molecule has 0 atom stereocenters. The fourth-order valence-corrected chi connectivity index (χ4v) is 2.84. The average Bonchev–Trinajstić information content (AvgIpc) is 2.15. The second kappa shape index (κ2) is 4.55. The molecule has 0 aliphatic carbocycles. The number of hydrogen-bond acceptors (Lipinski definition) is 3. The molecule has 0 saturated heterocycles. The van der Waals surface area contributed by atoms with E-state index in [1.807, 2.05) is 20.8 Å². The molecule has 0 bridgehead atoms. The van der Waals surface area contributed by atoms with E-state index in [9.17, 15) is 8.42 Å². The minimum Gasteiger partial charge on any atom is -0.326 e. The van der Waals surface area contributed by atoms with Crippen molar-refractivity contribution >= 4 is 9.84 Å². The number of aryl methyl sites for hydroxylation is 1. The Morgan fingerprint density at radius 1 is 1.19 bits per heavy atom. The van der Waals surface area contributed by atoms with Crippen molar-refractivity contribution in [1.29, 1.82) is 0 Å². The lowest BCUT2D eigenvalue weighted by Crippen LogP contribution is -2.34. The van der Waals surface area contributed by atoms with Gasteiger partial charge in [0.15, 0.2) is 9.84 Å². The van der Waals surface area contributed by atoms with Crippen LogP contribution in [-0.2, 0) is 9.84 Å². The van der Waals surface area contributed by atoms with Gasteiger partial charge in [-0.1, -0.05) is 17.7 Å². The smallest absolute Gasteiger partial charge is 0.178 e. The maximum Gasteiger partial charge on any atom is 0.178 e. The van der Waals surface area contributed by atoms with Crippen LogP contribution in [0, 0.1) is 6.92 Å². The van der Waals surface area contributed by atoms with E-state index in [2.05, 4.69) is 0 Å². The zero-order valence-electron chi connectivity index (χ0n) is 10.0. The van der Waals surface area contributed by atoms with Gasteiger partial charge in [0.2, 0.25) is 0 Å². The Labute approximate surface area is 97.6 Å². The summed E-state index contributed by atoms with van der Waals surface area (Å²) in [6.45, 7) is 5.59. The fourth-order valence-electron chi connectivity index (χ4n) is 1.26. The molecule has 2 N–H and O–H groups in total. The maximum absolute atomic E-state index is 11.9. The van der Waals surface area contributed by atoms with Crippen molar-refractivity contribution in [3.8, 4) is 0 Å². The number of hydrogen-bond donors (Lipinski definition) is 1. The SMILES string of the molecule is Cc1ccc(S(=O)(=O)CCC(C)(C)N)cc1. The van der Waals surface area contributed by atoms with Crippen molar-refractivity contribution in [3.63, 3.8) is 0 Å². The van der Waals surface area contributed by atoms with E-state index in [0.717, 1.165) is 5.56 Å². The van der Waals surface area contributed by atoms with E-state index in [0.29, 0.717) is 11.3 Å². The van der Waals surface area contributed by atoms with Gasteiger partial charge < -0.3 is 5.73 Å². The summed E-state index contributed by atoms with van der Waals surface area (Å²) in [5.41, 5.74) is 6.39. The number of sulfone groups is 1. The molecule has 0 amide bonds. The van der Waals surface area contributed by atoms with Gasteiger partial charge in [0.05, 0.1) is 10.6 Å². The predicted molar refractivity (Wildman–Crippen MR) is 66.1 cm³/mol. The lowest BCUT2D eigenvalue weighted by atomic mass is 10.0. The summed E-state index contributed by atoms with van der Waals surface area (Å²) in [7, 11) is -3.19. The molecule has 0 heterocycles. The normalized spacial score (nSPS) is 12.8. The maximum atomic E-state index is 11.9. The van der Waals surface area contributed by atoms with Crippen molar-refractivity contribution in [2.24, 2.45) is 5.73 Å². The molecule has 1 aromatic rings. The van der Waals surface area contributed by atoms with Crippen LogP contribution in [0.2, 0.25) is 0 Å². The topological polar surface area (TPSA) is 60.2 Å². The van der Waals surface area contributed by atoms with Crippen molar-refractivity contribution in [1.82, 2.24) is 0 Å². The van der Waals surface area contributed by atoms with Crippen molar-refractivity contribution < 1.29 is 8.42 Å². The highest BCUT2D eigenvalue weighted by Gasteiger charge is 2.19. The Balaban J connectivity index is 2.83. The lowest BCUT2D eigenvalue weighted by Gasteiger charge is -2.17. The van der Waals surface area contributed by atoms with Crippen LogP contribution >= 0.6 is 0 Å². The molecule has 0 unspecified atom stereocenters. The Bertz CT molecular complexity index is 441. The Kier molecular flexibility index (Phi) is 3.76. The molecule has 0 aliphatic heterocycles. The largest absolute Gasteiger partial charge is 0.326 e. The molecule has 1 aromatic carbocycles. The summed E-state index contributed by atoms with van der Waals surface area (Å²) in [6.07, 6.45) is 0.462. The van der Waals surface area contributed by atoms with Gasteiger partial charge in [-0.3, -0.25) is 0 Å². The molecule has 3 nitrogen and oxygen atoms in total. The average molecular weight is 241 g/mol. The lowest BCUT2D eigenvalue weighted by molar-refractivity contribution is 0.495. The van der Waals surface area contributed by atoms with Gasteiger partial charge in [-0.15, -0.1) is 0 Å². The molecule has 16 heavy (non-hydrogen) atoms. The van der Waals surface area contributed by atoms with Crippen LogP contribution in [0.1, 0.15) is 25.8 Å². The molecular formula is C12H19NO2S. The molecule has 4 heteroatoms. The summed E-state index contributed by atoms with van der Waals surface area (Å²) in [5.74, 6) is 0.0968. The van der Waals surface area contributed by atoms with Crippen LogP contribution in [-0.4, -0.2) is 19.7 Å². The molecule has 0 spiro atoms. The predicted octanol–water partition coefficient (Wildman–Crippen LogP) is 1.90. The van der Waals surface area contributed by atoms with Crippen LogP contribution in [0.4, 0.5) is 0 Å². The summed E-state index contributed by atoms with van der Waals surface area (Å²) in [4.78, 5) is 0.377. The van der Waals surface area contributed by atoms with Crippen molar-refractivity contribution in [3.05, 3.63) is 29.8 Å². The van der Waals surface area contributed by atoms with Gasteiger partial charge >= 0.3 is 0 Å². The zero-order chi connectivity index (χ0) is 12.4. The summed E-state index contributed by atoms with van der Waals surface area (Å²) >= 11 is 0. The molecular weight excluding hydrogens is 222 g/mol. The van der Waals surface area contributed by atoms with Crippen LogP contribution in [0.5, 0.6) is 0 Å². The third kappa shape index (κ3) is 3.94. The first-order chi connectivity index (χ1) is 7.21. The third-order valence-electron chi connectivity index (χ3n) is 2.40. The molecule has 0 radical (unpaired) electrons. The number of nitrogens with two attached hydrogens (primary N) is 1. The second-order valence-corrected chi connectivity index (χ2v) is 6.98. The standard InChI is InChI=1S/C12H19NO2S/c1-10-4-6-11(7-5-10)16(14,15)9-8-12(2,3)13/h4-7H,8-9,13H2,1-3H3. The molecule has 0 aromatic heterocycles. The van der Waals surface area contributed by atoms with Crippen molar-refractivity contribution in [2.75, 3.05) is 5.75 Å². The molecule has 0 aliphatic rings. The first-order valence-electron chi connectivity index (χ1n) is 5.29. The quantitative estimate of drug-likeness (QED) is 0.875. The zero-order valence-corrected chi connectivity index (χ0v) is 10.8. The first kappa shape index (κ1) is 13.2. The highest BCUT2D eigenvalue weighted by molar-refractivity contribution is 7.91. The Hall–Kier alpha value is -0.870. The van der Waals surface area contributed by atoms with Gasteiger partial charge in [-0.05, 0) is 39.3 Å². The van der Waals surface area contributed by atoms with E-state index >= 15 is 0 Å². The minimum atomic E-state index is -3.19. The summed E-state index contributed by atoms with van der Waals surface area (Å²) in [6, 6.07) is 6.91. The minimum absolute atomic E-state index is 0.0968. The monoisotopic (exact) mass is 241 g/mol. The van der Waals surface area contributed by atoms with E-state index in [4.69, 9.17) is 5.73 Å².